The molecule has 0 aliphatic rings. The van der Waals surface area contributed by atoms with E-state index in [1.807, 2.05) is 19.2 Å². The number of hydrogen-bond acceptors (Lipinski definition) is 1. The predicted molar refractivity (Wildman–Crippen MR) is 78.5 cm³/mol. The van der Waals surface area contributed by atoms with E-state index in [-0.39, 0.29) is 0 Å². The number of unbranched alkanes of at least 4 members (excludes halogenated alkanes) is 1. The summed E-state index contributed by atoms with van der Waals surface area (Å²) in [5.74, 6) is 0. The molecule has 1 atom stereocenters. The molecule has 1 nitrogen and oxygen atoms in total. The van der Waals surface area contributed by atoms with Crippen LogP contribution in [0.15, 0.2) is 30.8 Å². The molecule has 0 bridgehead atoms. The summed E-state index contributed by atoms with van der Waals surface area (Å²) in [6, 6.07) is 8.45. The highest BCUT2D eigenvalue weighted by molar-refractivity contribution is 6.71. The van der Waals surface area contributed by atoms with Crippen molar-refractivity contribution in [2.75, 3.05) is 0 Å². The van der Waals surface area contributed by atoms with Crippen molar-refractivity contribution >= 4 is 14.4 Å². The van der Waals surface area contributed by atoms with Gasteiger partial charge in [-0.05, 0) is 30.6 Å². The second-order valence-corrected chi connectivity index (χ2v) is 9.22. The lowest BCUT2D eigenvalue weighted by Crippen LogP contribution is -2.35. The zero-order chi connectivity index (χ0) is 12.9. The van der Waals surface area contributed by atoms with E-state index in [2.05, 4.69) is 37.8 Å². The van der Waals surface area contributed by atoms with E-state index in [1.54, 1.807) is 0 Å². The molecule has 0 saturated heterocycles. The minimum Gasteiger partial charge on any atom is -0.432 e. The average molecular weight is 248 g/mol. The molecule has 0 amide bonds. The van der Waals surface area contributed by atoms with Gasteiger partial charge in [0.25, 0.3) is 0 Å². The van der Waals surface area contributed by atoms with Gasteiger partial charge >= 0.3 is 0 Å². The Hall–Kier alpha value is -0.863. The van der Waals surface area contributed by atoms with E-state index < -0.39 is 8.32 Å². The maximum Gasteiger partial charge on any atom is 0.189 e. The minimum absolute atomic E-state index is 0.348. The summed E-state index contributed by atoms with van der Waals surface area (Å²) in [4.78, 5) is 10.4. The molecule has 0 saturated carbocycles. The third kappa shape index (κ3) is 4.13. The predicted octanol–water partition coefficient (Wildman–Crippen LogP) is 4.34. The van der Waals surface area contributed by atoms with Crippen LogP contribution in [0, 0.1) is 0 Å². The Bertz CT molecular complexity index is 348. The van der Waals surface area contributed by atoms with Crippen LogP contribution in [0.25, 0.3) is 6.08 Å². The van der Waals surface area contributed by atoms with Gasteiger partial charge in [-0.1, -0.05) is 56.7 Å². The van der Waals surface area contributed by atoms with E-state index in [4.69, 9.17) is 0 Å². The summed E-state index contributed by atoms with van der Waals surface area (Å²) in [5, 5.41) is 0. The van der Waals surface area contributed by atoms with Crippen LogP contribution < -0.4 is 0 Å². The van der Waals surface area contributed by atoms with Crippen molar-refractivity contribution in [3.05, 3.63) is 42.0 Å². The maximum atomic E-state index is 10.4. The van der Waals surface area contributed by atoms with Gasteiger partial charge < -0.3 is 4.80 Å². The van der Waals surface area contributed by atoms with Gasteiger partial charge in [-0.25, -0.2) is 0 Å². The molecule has 1 aromatic rings. The van der Waals surface area contributed by atoms with E-state index in [9.17, 15) is 4.80 Å². The molecule has 94 valence electrons. The smallest absolute Gasteiger partial charge is 0.189 e. The molecule has 2 heteroatoms. The van der Waals surface area contributed by atoms with Crippen molar-refractivity contribution in [3.63, 3.8) is 0 Å². The van der Waals surface area contributed by atoms with E-state index in [0.717, 1.165) is 12.0 Å². The number of benzene rings is 1. The Morgan fingerprint density at radius 1 is 1.29 bits per heavy atom. The third-order valence-electron chi connectivity index (χ3n) is 3.27. The van der Waals surface area contributed by atoms with Gasteiger partial charge in [0.2, 0.25) is 0 Å². The molecule has 1 rings (SSSR count). The lowest BCUT2D eigenvalue weighted by molar-refractivity contribution is 0.509. The van der Waals surface area contributed by atoms with E-state index in [1.165, 1.54) is 18.4 Å². The molecule has 0 aliphatic heterocycles. The second-order valence-electron chi connectivity index (χ2n) is 5.22. The van der Waals surface area contributed by atoms with Crippen LogP contribution in [0.2, 0.25) is 13.1 Å². The van der Waals surface area contributed by atoms with Gasteiger partial charge in [-0.2, -0.15) is 0 Å². The van der Waals surface area contributed by atoms with Crippen molar-refractivity contribution < 1.29 is 4.80 Å². The fraction of sp³-hybridized carbons (Fsp3) is 0.467. The van der Waals surface area contributed by atoms with Gasteiger partial charge in [-0.3, -0.25) is 0 Å². The van der Waals surface area contributed by atoms with Crippen LogP contribution in [-0.4, -0.2) is 13.1 Å². The molecular formula is C15H24OSi. The van der Waals surface area contributed by atoms with Crippen LogP contribution in [-0.2, 0) is 0 Å². The highest BCUT2D eigenvalue weighted by Gasteiger charge is 2.30. The van der Waals surface area contributed by atoms with Crippen LogP contribution in [0.1, 0.15) is 42.9 Å². The topological polar surface area (TPSA) is 20.2 Å². The lowest BCUT2D eigenvalue weighted by Gasteiger charge is -2.27. The van der Waals surface area contributed by atoms with Crippen molar-refractivity contribution in [2.24, 2.45) is 0 Å². The van der Waals surface area contributed by atoms with Gasteiger partial charge in [0.15, 0.2) is 8.32 Å². The second kappa shape index (κ2) is 6.17. The fourth-order valence-electron chi connectivity index (χ4n) is 2.20. The molecule has 0 aromatic heterocycles. The average Bonchev–Trinajstić information content (AvgIpc) is 2.29. The molecule has 0 aliphatic carbocycles. The normalized spacial score (nSPS) is 13.4. The first-order chi connectivity index (χ1) is 7.99. The molecule has 0 spiro atoms. The zero-order valence-corrected chi connectivity index (χ0v) is 12.2. The van der Waals surface area contributed by atoms with Crippen LogP contribution in [0.4, 0.5) is 0 Å². The summed E-state index contributed by atoms with van der Waals surface area (Å²) >= 11 is 0. The van der Waals surface area contributed by atoms with E-state index >= 15 is 0 Å². The summed E-state index contributed by atoms with van der Waals surface area (Å²) in [7, 11) is -2.12. The monoisotopic (exact) mass is 248 g/mol. The Morgan fingerprint density at radius 2 is 1.88 bits per heavy atom. The highest BCUT2D eigenvalue weighted by atomic mass is 28.4. The van der Waals surface area contributed by atoms with Crippen molar-refractivity contribution in [2.45, 2.75) is 44.8 Å². The summed E-state index contributed by atoms with van der Waals surface area (Å²) in [5.41, 5.74) is 2.77. The Kier molecular flexibility index (Phi) is 5.16. The first kappa shape index (κ1) is 14.2. The molecule has 0 radical (unpaired) electrons. The first-order valence-electron chi connectivity index (χ1n) is 6.43. The van der Waals surface area contributed by atoms with Gasteiger partial charge in [0.05, 0.1) is 0 Å². The van der Waals surface area contributed by atoms with Crippen LogP contribution in [0.5, 0.6) is 0 Å². The lowest BCUT2D eigenvalue weighted by atomic mass is 10.0. The van der Waals surface area contributed by atoms with Crippen LogP contribution >= 0.6 is 0 Å². The number of hydrogen-bond donors (Lipinski definition) is 1. The van der Waals surface area contributed by atoms with Crippen LogP contribution in [0.3, 0.4) is 0 Å². The van der Waals surface area contributed by atoms with E-state index in [0.29, 0.717) is 5.54 Å². The van der Waals surface area contributed by atoms with Crippen molar-refractivity contribution in [1.29, 1.82) is 0 Å². The molecule has 0 fully saturated rings. The molecular weight excluding hydrogens is 224 g/mol. The summed E-state index contributed by atoms with van der Waals surface area (Å²) in [6.07, 6.45) is 5.32. The first-order valence-corrected chi connectivity index (χ1v) is 9.46. The highest BCUT2D eigenvalue weighted by Crippen LogP contribution is 2.30. The van der Waals surface area contributed by atoms with Gasteiger partial charge in [0.1, 0.15) is 0 Å². The Morgan fingerprint density at radius 3 is 2.29 bits per heavy atom. The number of rotatable bonds is 6. The standard InChI is InChI=1S/C15H24OSi/c1-5-7-8-15(17(3,4)16)14-11-9-13(6-2)10-12-14/h6,9-12,15-16H,2,5,7-8H2,1,3-4H3. The Balaban J connectivity index is 2.91. The van der Waals surface area contributed by atoms with Gasteiger partial charge in [-0.15, -0.1) is 0 Å². The molecule has 1 unspecified atom stereocenters. The molecule has 0 heterocycles. The molecule has 1 N–H and O–H groups in total. The van der Waals surface area contributed by atoms with Crippen molar-refractivity contribution in [1.82, 2.24) is 0 Å². The fourth-order valence-corrected chi connectivity index (χ4v) is 4.12. The third-order valence-corrected chi connectivity index (χ3v) is 5.60. The SMILES string of the molecule is C=Cc1ccc(C(CCCC)[Si](C)(C)O)cc1. The maximum absolute atomic E-state index is 10.4. The molecule has 17 heavy (non-hydrogen) atoms. The van der Waals surface area contributed by atoms with Crippen molar-refractivity contribution in [3.8, 4) is 0 Å². The quantitative estimate of drug-likeness (QED) is 0.743. The van der Waals surface area contributed by atoms with Gasteiger partial charge in [0, 0.05) is 5.54 Å². The Labute approximate surface area is 106 Å². The molecule has 1 aromatic carbocycles. The zero-order valence-electron chi connectivity index (χ0n) is 11.2. The largest absolute Gasteiger partial charge is 0.432 e. The minimum atomic E-state index is -2.12. The summed E-state index contributed by atoms with van der Waals surface area (Å²) < 4.78 is 0. The summed E-state index contributed by atoms with van der Waals surface area (Å²) in [6.45, 7) is 10.0.